The van der Waals surface area contributed by atoms with Crippen LogP contribution in [0.3, 0.4) is 0 Å². The molecule has 0 aliphatic heterocycles. The van der Waals surface area contributed by atoms with Crippen molar-refractivity contribution in [2.75, 3.05) is 0 Å². The molecular weight excluding hydrogens is 139 g/mol. The third-order valence-corrected chi connectivity index (χ3v) is 0. The van der Waals surface area contributed by atoms with Crippen molar-refractivity contribution in [3.8, 4) is 0 Å². The van der Waals surface area contributed by atoms with Gasteiger partial charge in [-0.15, -0.1) is 0 Å². The van der Waals surface area contributed by atoms with Crippen molar-refractivity contribution in [1.82, 2.24) is 0 Å². The Balaban J connectivity index is 3.02. The van der Waals surface area contributed by atoms with E-state index in [2.05, 4.69) is 0 Å². The second kappa shape index (κ2) is 1.24. The first kappa shape index (κ1) is 5.40. The fourth-order valence-electron chi connectivity index (χ4n) is 0. The summed E-state index contributed by atoms with van der Waals surface area (Å²) in [5.74, 6) is 0. The zero-order valence-electron chi connectivity index (χ0n) is 2.24. The zero-order valence-corrected chi connectivity index (χ0v) is 4.11. The predicted molar refractivity (Wildman–Crippen MR) is 14.6 cm³/mol. The summed E-state index contributed by atoms with van der Waals surface area (Å²) in [6.45, 7) is 0. The summed E-state index contributed by atoms with van der Waals surface area (Å²) < 4.78 is 29.4. The van der Waals surface area contributed by atoms with E-state index in [-0.39, 0.29) is 0 Å². The van der Waals surface area contributed by atoms with Crippen LogP contribution in [0, 0.1) is 0 Å². The zero-order chi connectivity index (χ0) is 4.50. The molecule has 5 heavy (non-hydrogen) atoms. The van der Waals surface area contributed by atoms with Crippen molar-refractivity contribution in [2.24, 2.45) is 0 Å². The summed E-state index contributed by atoms with van der Waals surface area (Å²) in [6, 6.07) is 0. The van der Waals surface area contributed by atoms with Gasteiger partial charge in [-0.05, 0) is 0 Å². The number of hydrogen-bond acceptors (Lipinski definition) is 4. The van der Waals surface area contributed by atoms with Crippen LogP contribution in [-0.4, -0.2) is 31.3 Å². The third-order valence-electron chi connectivity index (χ3n) is 0. The molecule has 5 heteroatoms. The van der Waals surface area contributed by atoms with E-state index in [1.165, 1.54) is 0 Å². The van der Waals surface area contributed by atoms with E-state index in [0.29, 0.717) is 0 Å². The van der Waals surface area contributed by atoms with Gasteiger partial charge in [-0.1, -0.05) is 0 Å². The van der Waals surface area contributed by atoms with Crippen LogP contribution in [0.15, 0.2) is 0 Å². The van der Waals surface area contributed by atoms with Crippen molar-refractivity contribution in [1.29, 1.82) is 0 Å². The van der Waals surface area contributed by atoms with Crippen LogP contribution >= 0.6 is 0 Å². The normalized spacial score (nSPS) is 12.0. The summed E-state index contributed by atoms with van der Waals surface area (Å²) in [4.78, 5) is 0. The molecule has 0 heterocycles. The minimum atomic E-state index is -4.88. The SMILES string of the molecule is O[As](O)(O)O. The van der Waals surface area contributed by atoms with Crippen LogP contribution in [0.25, 0.3) is 0 Å². The quantitative estimate of drug-likeness (QED) is 0.280. The summed E-state index contributed by atoms with van der Waals surface area (Å²) >= 11 is -4.88. The Morgan fingerprint density at radius 3 is 0.800 bits per heavy atom. The molecule has 0 aromatic rings. The van der Waals surface area contributed by atoms with Crippen LogP contribution in [0.4, 0.5) is 0 Å². The van der Waals surface area contributed by atoms with Crippen molar-refractivity contribution in [3.63, 3.8) is 0 Å². The molecule has 0 saturated heterocycles. The fourth-order valence-corrected chi connectivity index (χ4v) is 0. The van der Waals surface area contributed by atoms with E-state index in [4.69, 9.17) is 16.4 Å². The second-order valence-corrected chi connectivity index (χ2v) is 2.79. The molecule has 0 amide bonds. The van der Waals surface area contributed by atoms with Crippen molar-refractivity contribution >= 4 is 14.9 Å². The summed E-state index contributed by atoms with van der Waals surface area (Å²) in [6.07, 6.45) is 0. The first-order valence-electron chi connectivity index (χ1n) is 0.800. The number of hydrogen-bond donors (Lipinski definition) is 4. The van der Waals surface area contributed by atoms with Gasteiger partial charge in [0.15, 0.2) is 0 Å². The maximum absolute atomic E-state index is 7.36. The standard InChI is InChI=1S/AsH4O4/c2-1(3,4)5/h2-5H. The molecule has 1 radical (unpaired) electrons. The van der Waals surface area contributed by atoms with Crippen molar-refractivity contribution in [3.05, 3.63) is 0 Å². The Bertz CT molecular complexity index is 19.1. The van der Waals surface area contributed by atoms with Gasteiger partial charge < -0.3 is 0 Å². The molecule has 0 fully saturated rings. The Morgan fingerprint density at radius 2 is 0.800 bits per heavy atom. The fraction of sp³-hybridized carbons (Fsp3) is 0. The van der Waals surface area contributed by atoms with Crippen LogP contribution in [0.1, 0.15) is 0 Å². The molecule has 33 valence electrons. The van der Waals surface area contributed by atoms with Gasteiger partial charge in [-0.25, -0.2) is 0 Å². The van der Waals surface area contributed by atoms with E-state index in [1.54, 1.807) is 0 Å². The Hall–Kier alpha value is 0.398. The van der Waals surface area contributed by atoms with Gasteiger partial charge >= 0.3 is 31.3 Å². The molecule has 0 saturated carbocycles. The third kappa shape index (κ3) is 159. The van der Waals surface area contributed by atoms with Crippen LogP contribution < -0.4 is 0 Å². The molecule has 0 aromatic heterocycles. The average molecular weight is 143 g/mol. The van der Waals surface area contributed by atoms with Crippen molar-refractivity contribution in [2.45, 2.75) is 0 Å². The Kier molecular flexibility index (Phi) is 1.34. The van der Waals surface area contributed by atoms with Crippen LogP contribution in [0.2, 0.25) is 0 Å². The molecule has 0 aliphatic carbocycles. The molecule has 0 bridgehead atoms. The van der Waals surface area contributed by atoms with E-state index in [9.17, 15) is 0 Å². The summed E-state index contributed by atoms with van der Waals surface area (Å²) in [7, 11) is 0. The first-order valence-corrected chi connectivity index (χ1v) is 4.16. The molecular formula is H4AsO4. The Labute approximate surface area is 32.2 Å². The molecule has 0 atom stereocenters. The van der Waals surface area contributed by atoms with Gasteiger partial charge in [0.1, 0.15) is 0 Å². The monoisotopic (exact) mass is 143 g/mol. The minimum absolute atomic E-state index is 4.88. The molecule has 0 aromatic carbocycles. The molecule has 0 aliphatic rings. The van der Waals surface area contributed by atoms with Gasteiger partial charge in [-0.2, -0.15) is 0 Å². The van der Waals surface area contributed by atoms with Crippen molar-refractivity contribution < 1.29 is 16.4 Å². The molecule has 4 nitrogen and oxygen atoms in total. The average Bonchev–Trinajstić information content (AvgIpc) is 0.722. The predicted octanol–water partition coefficient (Wildman–Crippen LogP) is -2.61. The molecule has 0 spiro atoms. The van der Waals surface area contributed by atoms with E-state index in [1.807, 2.05) is 0 Å². The van der Waals surface area contributed by atoms with Crippen LogP contribution in [0.5, 0.6) is 0 Å². The first-order chi connectivity index (χ1) is 2.00. The molecule has 4 N–H and O–H groups in total. The molecule has 0 rings (SSSR count). The second-order valence-electron chi connectivity index (χ2n) is 0.537. The topological polar surface area (TPSA) is 80.9 Å². The Morgan fingerprint density at radius 1 is 0.800 bits per heavy atom. The van der Waals surface area contributed by atoms with E-state index >= 15 is 0 Å². The van der Waals surface area contributed by atoms with Gasteiger partial charge in [-0.3, -0.25) is 0 Å². The van der Waals surface area contributed by atoms with Crippen LogP contribution in [-0.2, 0) is 0 Å². The van der Waals surface area contributed by atoms with Gasteiger partial charge in [0, 0.05) is 0 Å². The van der Waals surface area contributed by atoms with Gasteiger partial charge in [0.2, 0.25) is 0 Å². The maximum atomic E-state index is 7.36. The number of rotatable bonds is 0. The van der Waals surface area contributed by atoms with Gasteiger partial charge in [0.25, 0.3) is 0 Å². The van der Waals surface area contributed by atoms with E-state index < -0.39 is 14.9 Å². The van der Waals surface area contributed by atoms with Gasteiger partial charge in [0.05, 0.1) is 0 Å². The van der Waals surface area contributed by atoms with E-state index in [0.717, 1.165) is 0 Å². The summed E-state index contributed by atoms with van der Waals surface area (Å²) in [5.41, 5.74) is 0. The molecule has 0 unspecified atom stereocenters. The summed E-state index contributed by atoms with van der Waals surface area (Å²) in [5, 5.41) is 0.